The van der Waals surface area contributed by atoms with E-state index in [4.69, 9.17) is 10.0 Å². The van der Waals surface area contributed by atoms with Crippen molar-refractivity contribution in [2.24, 2.45) is 0 Å². The predicted octanol–water partition coefficient (Wildman–Crippen LogP) is 0.972. The van der Waals surface area contributed by atoms with Gasteiger partial charge in [-0.25, -0.2) is 0 Å². The van der Waals surface area contributed by atoms with E-state index >= 15 is 0 Å². The van der Waals surface area contributed by atoms with Gasteiger partial charge in [0.2, 0.25) is 0 Å². The van der Waals surface area contributed by atoms with Gasteiger partial charge in [0.1, 0.15) is 0 Å². The number of rotatable bonds is 1. The van der Waals surface area contributed by atoms with E-state index in [-0.39, 0.29) is 5.41 Å². The summed E-state index contributed by atoms with van der Waals surface area (Å²) in [5.41, 5.74) is 2.66. The summed E-state index contributed by atoms with van der Waals surface area (Å²) in [5, 5.41) is 18.3. The highest BCUT2D eigenvalue weighted by molar-refractivity contribution is 6.59. The lowest BCUT2D eigenvalue weighted by Crippen LogP contribution is -2.33. The van der Waals surface area contributed by atoms with Gasteiger partial charge >= 0.3 is 7.12 Å². The third-order valence-electron chi connectivity index (χ3n) is 2.42. The minimum absolute atomic E-state index is 0.0390. The predicted molar refractivity (Wildman–Crippen MR) is 59.7 cm³/mol. The summed E-state index contributed by atoms with van der Waals surface area (Å²) in [4.78, 5) is 0. The van der Waals surface area contributed by atoms with Crippen molar-refractivity contribution in [1.29, 1.82) is 0 Å². The molecule has 2 nitrogen and oxygen atoms in total. The average Bonchev–Trinajstić information content (AvgIpc) is 2.02. The molecular formula is C11H17BO2. The van der Waals surface area contributed by atoms with Crippen LogP contribution in [-0.4, -0.2) is 17.2 Å². The van der Waals surface area contributed by atoms with Crippen LogP contribution in [0.25, 0.3) is 0 Å². The Morgan fingerprint density at radius 3 is 2.14 bits per heavy atom. The highest BCUT2D eigenvalue weighted by Gasteiger charge is 2.19. The van der Waals surface area contributed by atoms with E-state index in [1.54, 1.807) is 0 Å². The van der Waals surface area contributed by atoms with Gasteiger partial charge in [0.25, 0.3) is 0 Å². The molecule has 3 heteroatoms. The molecule has 0 spiro atoms. The number of aryl methyl sites for hydroxylation is 1. The Morgan fingerprint density at radius 2 is 1.71 bits per heavy atom. The Morgan fingerprint density at radius 1 is 1.14 bits per heavy atom. The van der Waals surface area contributed by atoms with Crippen LogP contribution in [-0.2, 0) is 5.41 Å². The Labute approximate surface area is 85.7 Å². The molecule has 1 aromatic rings. The van der Waals surface area contributed by atoms with Crippen LogP contribution >= 0.6 is 0 Å². The van der Waals surface area contributed by atoms with Crippen molar-refractivity contribution < 1.29 is 10.0 Å². The second-order valence-corrected chi connectivity index (χ2v) is 4.70. The van der Waals surface area contributed by atoms with Crippen molar-refractivity contribution in [1.82, 2.24) is 0 Å². The Hall–Kier alpha value is -0.795. The van der Waals surface area contributed by atoms with Gasteiger partial charge in [-0.05, 0) is 23.4 Å². The zero-order chi connectivity index (χ0) is 10.9. The molecular weight excluding hydrogens is 175 g/mol. The van der Waals surface area contributed by atoms with Crippen molar-refractivity contribution in [3.63, 3.8) is 0 Å². The molecule has 1 rings (SSSR count). The zero-order valence-corrected chi connectivity index (χ0v) is 9.20. The van der Waals surface area contributed by atoms with E-state index in [9.17, 15) is 0 Å². The summed E-state index contributed by atoms with van der Waals surface area (Å²) < 4.78 is 0. The molecule has 0 radical (unpaired) electrons. The first kappa shape index (κ1) is 11.3. The third kappa shape index (κ3) is 2.37. The van der Waals surface area contributed by atoms with Crippen LogP contribution in [0.1, 0.15) is 31.9 Å². The Kier molecular flexibility index (Phi) is 3.02. The highest BCUT2D eigenvalue weighted by Crippen LogP contribution is 2.21. The first-order valence-electron chi connectivity index (χ1n) is 4.79. The minimum atomic E-state index is -1.38. The molecule has 0 fully saturated rings. The van der Waals surface area contributed by atoms with E-state index in [1.807, 2.05) is 25.1 Å². The molecule has 0 unspecified atom stereocenters. The van der Waals surface area contributed by atoms with Crippen molar-refractivity contribution in [2.45, 2.75) is 33.1 Å². The van der Waals surface area contributed by atoms with Crippen LogP contribution in [0.15, 0.2) is 18.2 Å². The summed E-state index contributed by atoms with van der Waals surface area (Å²) in [5.74, 6) is 0. The second kappa shape index (κ2) is 3.75. The van der Waals surface area contributed by atoms with Crippen LogP contribution in [0.5, 0.6) is 0 Å². The molecule has 2 N–H and O–H groups in total. The van der Waals surface area contributed by atoms with E-state index in [0.717, 1.165) is 11.1 Å². The second-order valence-electron chi connectivity index (χ2n) is 4.70. The van der Waals surface area contributed by atoms with Gasteiger partial charge in [0.05, 0.1) is 0 Å². The topological polar surface area (TPSA) is 40.5 Å². The highest BCUT2D eigenvalue weighted by atomic mass is 16.4. The van der Waals surface area contributed by atoms with Gasteiger partial charge < -0.3 is 10.0 Å². The van der Waals surface area contributed by atoms with Gasteiger partial charge in [-0.3, -0.25) is 0 Å². The van der Waals surface area contributed by atoms with Crippen molar-refractivity contribution in [2.75, 3.05) is 0 Å². The first-order valence-corrected chi connectivity index (χ1v) is 4.79. The van der Waals surface area contributed by atoms with E-state index in [1.165, 1.54) is 0 Å². The fraction of sp³-hybridized carbons (Fsp3) is 0.455. The van der Waals surface area contributed by atoms with E-state index in [2.05, 4.69) is 20.8 Å². The van der Waals surface area contributed by atoms with Crippen molar-refractivity contribution in [3.8, 4) is 0 Å². The molecule has 76 valence electrons. The number of hydrogen-bond donors (Lipinski definition) is 2. The summed E-state index contributed by atoms with van der Waals surface area (Å²) in [6.07, 6.45) is 0. The fourth-order valence-electron chi connectivity index (χ4n) is 1.39. The Balaban J connectivity index is 3.20. The Bertz CT molecular complexity index is 327. The lowest BCUT2D eigenvalue weighted by Gasteiger charge is -2.20. The fourth-order valence-corrected chi connectivity index (χ4v) is 1.39. The summed E-state index contributed by atoms with van der Waals surface area (Å²) in [6, 6.07) is 5.82. The molecule has 1 aromatic carbocycles. The maximum Gasteiger partial charge on any atom is 0.488 e. The van der Waals surface area contributed by atoms with Crippen LogP contribution in [0.3, 0.4) is 0 Å². The summed E-state index contributed by atoms with van der Waals surface area (Å²) in [6.45, 7) is 8.18. The van der Waals surface area contributed by atoms with Crippen LogP contribution in [0, 0.1) is 6.92 Å². The number of benzene rings is 1. The average molecular weight is 192 g/mol. The maximum atomic E-state index is 9.15. The molecule has 0 saturated carbocycles. The summed E-state index contributed by atoms with van der Waals surface area (Å²) in [7, 11) is -1.38. The zero-order valence-electron chi connectivity index (χ0n) is 9.20. The summed E-state index contributed by atoms with van der Waals surface area (Å²) >= 11 is 0. The molecule has 0 bridgehead atoms. The minimum Gasteiger partial charge on any atom is -0.423 e. The molecule has 0 amide bonds. The molecule has 0 atom stereocenters. The van der Waals surface area contributed by atoms with Gasteiger partial charge in [0.15, 0.2) is 0 Å². The standard InChI is InChI=1S/C11H17BO2/c1-8-5-6-9(11(2,3)4)7-10(8)12(13)14/h5-7,13-14H,1-4H3. The largest absolute Gasteiger partial charge is 0.488 e. The molecule has 0 aliphatic heterocycles. The molecule has 14 heavy (non-hydrogen) atoms. The van der Waals surface area contributed by atoms with Crippen LogP contribution in [0.2, 0.25) is 0 Å². The monoisotopic (exact) mass is 192 g/mol. The molecule has 0 saturated heterocycles. The third-order valence-corrected chi connectivity index (χ3v) is 2.42. The van der Waals surface area contributed by atoms with Crippen molar-refractivity contribution >= 4 is 12.6 Å². The lowest BCUT2D eigenvalue weighted by molar-refractivity contribution is 0.425. The quantitative estimate of drug-likeness (QED) is 0.651. The first-order chi connectivity index (χ1) is 6.32. The SMILES string of the molecule is Cc1ccc(C(C)(C)C)cc1B(O)O. The van der Waals surface area contributed by atoms with Crippen LogP contribution < -0.4 is 5.46 Å². The maximum absolute atomic E-state index is 9.15. The molecule has 0 heterocycles. The van der Waals surface area contributed by atoms with Gasteiger partial charge in [-0.2, -0.15) is 0 Å². The van der Waals surface area contributed by atoms with E-state index in [0.29, 0.717) is 5.46 Å². The molecule has 0 aliphatic carbocycles. The van der Waals surface area contributed by atoms with Gasteiger partial charge in [0, 0.05) is 0 Å². The number of hydrogen-bond acceptors (Lipinski definition) is 2. The normalized spacial score (nSPS) is 11.6. The molecule has 0 aromatic heterocycles. The lowest BCUT2D eigenvalue weighted by atomic mass is 9.74. The van der Waals surface area contributed by atoms with E-state index < -0.39 is 7.12 Å². The smallest absolute Gasteiger partial charge is 0.423 e. The molecule has 0 aliphatic rings. The van der Waals surface area contributed by atoms with Crippen LogP contribution in [0.4, 0.5) is 0 Å². The van der Waals surface area contributed by atoms with Gasteiger partial charge in [-0.15, -0.1) is 0 Å². The van der Waals surface area contributed by atoms with Gasteiger partial charge in [-0.1, -0.05) is 44.5 Å². The van der Waals surface area contributed by atoms with Crippen molar-refractivity contribution in [3.05, 3.63) is 29.3 Å².